The lowest BCUT2D eigenvalue weighted by atomic mass is 10.3. The number of Topliss-reactive ketones (excluding diaryl/α,β-unsaturated/α-hetero) is 1. The minimum atomic E-state index is -0.784. The summed E-state index contributed by atoms with van der Waals surface area (Å²) in [7, 11) is 0. The second kappa shape index (κ2) is 5.29. The summed E-state index contributed by atoms with van der Waals surface area (Å²) in [5.74, 6) is -0.987. The van der Waals surface area contributed by atoms with Crippen molar-refractivity contribution in [1.82, 2.24) is 0 Å². The van der Waals surface area contributed by atoms with Gasteiger partial charge >= 0.3 is 5.97 Å². The average Bonchev–Trinajstić information content (AvgIpc) is 2.00. The van der Waals surface area contributed by atoms with Crippen LogP contribution in [0.1, 0.15) is 13.8 Å². The number of esters is 1. The highest BCUT2D eigenvalue weighted by Crippen LogP contribution is 1.92. The Morgan fingerprint density at radius 3 is 2.50 bits per heavy atom. The molecule has 0 radical (unpaired) electrons. The van der Waals surface area contributed by atoms with E-state index in [0.29, 0.717) is 0 Å². The van der Waals surface area contributed by atoms with Crippen LogP contribution in [0.2, 0.25) is 0 Å². The van der Waals surface area contributed by atoms with Crippen LogP contribution in [0.25, 0.3) is 0 Å². The zero-order valence-electron chi connectivity index (χ0n) is 6.90. The van der Waals surface area contributed by atoms with Crippen LogP contribution in [-0.2, 0) is 23.9 Å². The summed E-state index contributed by atoms with van der Waals surface area (Å²) in [6, 6.07) is 0. The first kappa shape index (κ1) is 10.6. The fourth-order valence-corrected chi connectivity index (χ4v) is 0.416. The molecule has 0 aliphatic carbocycles. The molecule has 0 aromatic rings. The topological polar surface area (TPSA) is 69.7 Å². The highest BCUT2D eigenvalue weighted by Gasteiger charge is 2.13. The monoisotopic (exact) mass is 174 g/mol. The van der Waals surface area contributed by atoms with Crippen LogP contribution < -0.4 is 0 Å². The van der Waals surface area contributed by atoms with Gasteiger partial charge in [-0.1, -0.05) is 0 Å². The van der Waals surface area contributed by atoms with Crippen LogP contribution in [0.3, 0.4) is 0 Å². The number of ether oxygens (including phenoxy) is 2. The van der Waals surface area contributed by atoms with Crippen LogP contribution in [0.4, 0.5) is 0 Å². The first-order valence-electron chi connectivity index (χ1n) is 3.33. The highest BCUT2D eigenvalue weighted by atomic mass is 16.6. The quantitative estimate of drug-likeness (QED) is 0.422. The molecule has 12 heavy (non-hydrogen) atoms. The molecule has 0 saturated carbocycles. The Bertz CT molecular complexity index is 186. The van der Waals surface area contributed by atoms with E-state index < -0.39 is 18.7 Å². The standard InChI is InChI=1S/C7H10O5/c1-5(9)6(2)12-7(10)3-11-4-8/h4,6H,3H2,1-2H3. The van der Waals surface area contributed by atoms with Crippen molar-refractivity contribution in [3.05, 3.63) is 0 Å². The van der Waals surface area contributed by atoms with Gasteiger partial charge in [-0.05, 0) is 13.8 Å². The molecule has 0 heterocycles. The Labute approximate surface area is 69.6 Å². The van der Waals surface area contributed by atoms with Crippen molar-refractivity contribution in [2.75, 3.05) is 6.61 Å². The molecule has 0 aromatic heterocycles. The van der Waals surface area contributed by atoms with Gasteiger partial charge in [0.2, 0.25) is 0 Å². The van der Waals surface area contributed by atoms with Crippen LogP contribution >= 0.6 is 0 Å². The molecule has 0 bridgehead atoms. The van der Waals surface area contributed by atoms with E-state index in [2.05, 4.69) is 9.47 Å². The number of carbonyl (C=O) groups is 3. The molecular formula is C7H10O5. The maximum atomic E-state index is 10.7. The molecule has 0 amide bonds. The first-order chi connectivity index (χ1) is 5.57. The van der Waals surface area contributed by atoms with E-state index in [9.17, 15) is 14.4 Å². The van der Waals surface area contributed by atoms with Gasteiger partial charge in [-0.2, -0.15) is 0 Å². The lowest BCUT2D eigenvalue weighted by molar-refractivity contribution is -0.159. The van der Waals surface area contributed by atoms with Gasteiger partial charge in [0.05, 0.1) is 0 Å². The average molecular weight is 174 g/mol. The third kappa shape index (κ3) is 4.43. The van der Waals surface area contributed by atoms with Gasteiger partial charge in [0.15, 0.2) is 18.5 Å². The van der Waals surface area contributed by atoms with Gasteiger partial charge in [0.25, 0.3) is 6.47 Å². The van der Waals surface area contributed by atoms with E-state index in [0.717, 1.165) is 0 Å². The molecule has 5 nitrogen and oxygen atoms in total. The van der Waals surface area contributed by atoms with E-state index >= 15 is 0 Å². The van der Waals surface area contributed by atoms with E-state index in [1.165, 1.54) is 13.8 Å². The summed E-state index contributed by atoms with van der Waals surface area (Å²) in [5, 5.41) is 0. The molecule has 0 N–H and O–H groups in total. The third-order valence-corrected chi connectivity index (χ3v) is 1.15. The van der Waals surface area contributed by atoms with Gasteiger partial charge in [0.1, 0.15) is 0 Å². The van der Waals surface area contributed by atoms with Gasteiger partial charge in [0, 0.05) is 0 Å². The van der Waals surface area contributed by atoms with Crippen molar-refractivity contribution in [2.45, 2.75) is 20.0 Å². The summed E-state index contributed by atoms with van der Waals surface area (Å²) in [6.07, 6.45) is -0.784. The molecule has 0 fully saturated rings. The predicted molar refractivity (Wildman–Crippen MR) is 38.3 cm³/mol. The first-order valence-corrected chi connectivity index (χ1v) is 3.33. The summed E-state index contributed by atoms with van der Waals surface area (Å²) >= 11 is 0. The van der Waals surface area contributed by atoms with E-state index in [4.69, 9.17) is 0 Å². The van der Waals surface area contributed by atoms with Crippen LogP contribution in [0.5, 0.6) is 0 Å². The zero-order chi connectivity index (χ0) is 9.56. The summed E-state index contributed by atoms with van der Waals surface area (Å²) in [5.41, 5.74) is 0. The second-order valence-electron chi connectivity index (χ2n) is 2.15. The maximum Gasteiger partial charge on any atom is 0.344 e. The van der Waals surface area contributed by atoms with Crippen molar-refractivity contribution in [3.63, 3.8) is 0 Å². The maximum absolute atomic E-state index is 10.7. The summed E-state index contributed by atoms with van der Waals surface area (Å²) < 4.78 is 8.65. The Balaban J connectivity index is 3.68. The van der Waals surface area contributed by atoms with Crippen LogP contribution in [0.15, 0.2) is 0 Å². The van der Waals surface area contributed by atoms with Gasteiger partial charge < -0.3 is 9.47 Å². The molecule has 1 unspecified atom stereocenters. The molecule has 0 aliphatic heterocycles. The number of carbonyl (C=O) groups excluding carboxylic acids is 3. The lowest BCUT2D eigenvalue weighted by Crippen LogP contribution is -2.24. The molecule has 0 spiro atoms. The fraction of sp³-hybridized carbons (Fsp3) is 0.571. The number of hydrogen-bond acceptors (Lipinski definition) is 5. The minimum Gasteiger partial charge on any atom is -0.456 e. The van der Waals surface area contributed by atoms with E-state index in [-0.39, 0.29) is 12.3 Å². The molecule has 68 valence electrons. The highest BCUT2D eigenvalue weighted by molar-refractivity contribution is 5.83. The summed E-state index contributed by atoms with van der Waals surface area (Å²) in [4.78, 5) is 30.9. The second-order valence-corrected chi connectivity index (χ2v) is 2.15. The number of hydrogen-bond donors (Lipinski definition) is 0. The largest absolute Gasteiger partial charge is 0.456 e. The number of rotatable bonds is 5. The molecule has 0 rings (SSSR count). The normalized spacial score (nSPS) is 11.5. The Kier molecular flexibility index (Phi) is 4.67. The number of ketones is 1. The molecule has 0 aliphatic rings. The summed E-state index contributed by atoms with van der Waals surface area (Å²) in [6.45, 7) is 2.43. The molecule has 1 atom stereocenters. The lowest BCUT2D eigenvalue weighted by Gasteiger charge is -2.08. The Morgan fingerprint density at radius 1 is 1.50 bits per heavy atom. The zero-order valence-corrected chi connectivity index (χ0v) is 6.90. The fourth-order valence-electron chi connectivity index (χ4n) is 0.416. The van der Waals surface area contributed by atoms with Crippen molar-refractivity contribution in [3.8, 4) is 0 Å². The molecular weight excluding hydrogens is 164 g/mol. The van der Waals surface area contributed by atoms with Gasteiger partial charge in [-0.25, -0.2) is 4.79 Å². The van der Waals surface area contributed by atoms with Crippen LogP contribution in [0, 0.1) is 0 Å². The van der Waals surface area contributed by atoms with Crippen LogP contribution in [-0.4, -0.2) is 30.9 Å². The van der Waals surface area contributed by atoms with Crippen molar-refractivity contribution < 1.29 is 23.9 Å². The Hall–Kier alpha value is -1.39. The SMILES string of the molecule is CC(=O)C(C)OC(=O)COC=O. The third-order valence-electron chi connectivity index (χ3n) is 1.15. The molecule has 5 heteroatoms. The predicted octanol–water partition coefficient (Wildman–Crippen LogP) is -0.320. The Morgan fingerprint density at radius 2 is 2.08 bits per heavy atom. The minimum absolute atomic E-state index is 0.139. The smallest absolute Gasteiger partial charge is 0.344 e. The molecule has 0 saturated heterocycles. The van der Waals surface area contributed by atoms with Gasteiger partial charge in [-0.3, -0.25) is 9.59 Å². The van der Waals surface area contributed by atoms with Crippen molar-refractivity contribution in [2.24, 2.45) is 0 Å². The van der Waals surface area contributed by atoms with Gasteiger partial charge in [-0.15, -0.1) is 0 Å². The van der Waals surface area contributed by atoms with Crippen molar-refractivity contribution in [1.29, 1.82) is 0 Å². The van der Waals surface area contributed by atoms with E-state index in [1.54, 1.807) is 0 Å². The molecule has 0 aromatic carbocycles. The van der Waals surface area contributed by atoms with Crippen molar-refractivity contribution >= 4 is 18.2 Å². The van der Waals surface area contributed by atoms with E-state index in [1.807, 2.05) is 0 Å².